The van der Waals surface area contributed by atoms with Gasteiger partial charge in [0.05, 0.1) is 0 Å². The third kappa shape index (κ3) is 2.94. The Morgan fingerprint density at radius 1 is 1.40 bits per heavy atom. The molecule has 4 heteroatoms. The lowest BCUT2D eigenvalue weighted by Gasteiger charge is -2.35. The molecule has 3 rings (SSSR count). The highest BCUT2D eigenvalue weighted by atomic mass is 16.2. The molecule has 1 saturated heterocycles. The van der Waals surface area contributed by atoms with Crippen molar-refractivity contribution in [3.8, 4) is 0 Å². The van der Waals surface area contributed by atoms with Gasteiger partial charge in [-0.1, -0.05) is 6.92 Å². The number of hydrogen-bond donors (Lipinski definition) is 1. The lowest BCUT2D eigenvalue weighted by Crippen LogP contribution is -2.43. The number of pyridine rings is 1. The van der Waals surface area contributed by atoms with Gasteiger partial charge >= 0.3 is 0 Å². The van der Waals surface area contributed by atoms with E-state index in [0.717, 1.165) is 31.5 Å². The van der Waals surface area contributed by atoms with Gasteiger partial charge in [0.15, 0.2) is 0 Å². The first-order valence-corrected chi connectivity index (χ1v) is 7.81. The first-order valence-electron chi connectivity index (χ1n) is 7.81. The molecule has 0 radical (unpaired) electrons. The predicted octanol–water partition coefficient (Wildman–Crippen LogP) is 3.06. The number of carbonyl (C=O) groups excluding carboxylic acids is 1. The van der Waals surface area contributed by atoms with E-state index < -0.39 is 0 Å². The van der Waals surface area contributed by atoms with Gasteiger partial charge in [0.1, 0.15) is 5.69 Å². The fraction of sp³-hybridized carbons (Fsp3) is 0.625. The van der Waals surface area contributed by atoms with E-state index in [0.29, 0.717) is 17.8 Å². The summed E-state index contributed by atoms with van der Waals surface area (Å²) in [4.78, 5) is 19.0. The van der Waals surface area contributed by atoms with E-state index in [9.17, 15) is 4.79 Å². The number of rotatable bonds is 4. The zero-order chi connectivity index (χ0) is 13.9. The van der Waals surface area contributed by atoms with Gasteiger partial charge in [0.2, 0.25) is 0 Å². The fourth-order valence-corrected chi connectivity index (χ4v) is 2.94. The maximum absolute atomic E-state index is 12.7. The van der Waals surface area contributed by atoms with Gasteiger partial charge < -0.3 is 10.2 Å². The molecule has 1 aromatic heterocycles. The van der Waals surface area contributed by atoms with Gasteiger partial charge in [-0.15, -0.1) is 0 Å². The minimum Gasteiger partial charge on any atom is -0.382 e. The van der Waals surface area contributed by atoms with Crippen LogP contribution >= 0.6 is 0 Å². The van der Waals surface area contributed by atoms with Gasteiger partial charge in [0, 0.05) is 30.5 Å². The molecule has 1 aromatic rings. The van der Waals surface area contributed by atoms with E-state index in [1.54, 1.807) is 6.20 Å². The standard InChI is InChI=1S/C16H23N3O/c1-2-14-5-3-4-10-19(14)16(20)15-11-13(8-9-17-15)18-12-6-7-12/h8-9,11-12,14H,2-7,10H2,1H3,(H,17,18). The van der Waals surface area contributed by atoms with Crippen LogP contribution in [-0.2, 0) is 0 Å². The highest BCUT2D eigenvalue weighted by molar-refractivity contribution is 5.93. The van der Waals surface area contributed by atoms with Crippen LogP contribution in [0.3, 0.4) is 0 Å². The van der Waals surface area contributed by atoms with E-state index in [4.69, 9.17) is 0 Å². The second kappa shape index (κ2) is 5.81. The molecule has 1 amide bonds. The molecule has 0 aromatic carbocycles. The third-order valence-corrected chi connectivity index (χ3v) is 4.29. The number of likely N-dealkylation sites (tertiary alicyclic amines) is 1. The molecule has 108 valence electrons. The summed E-state index contributed by atoms with van der Waals surface area (Å²) in [5.41, 5.74) is 1.60. The number of aromatic nitrogens is 1. The number of carbonyl (C=O) groups is 1. The maximum Gasteiger partial charge on any atom is 0.272 e. The van der Waals surface area contributed by atoms with E-state index in [1.165, 1.54) is 19.3 Å². The molecule has 1 atom stereocenters. The van der Waals surface area contributed by atoms with Crippen molar-refractivity contribution in [2.24, 2.45) is 0 Å². The largest absolute Gasteiger partial charge is 0.382 e. The number of anilines is 1. The minimum absolute atomic E-state index is 0.0935. The Hall–Kier alpha value is -1.58. The van der Waals surface area contributed by atoms with Crippen LogP contribution in [0, 0.1) is 0 Å². The molecule has 1 unspecified atom stereocenters. The van der Waals surface area contributed by atoms with Crippen LogP contribution in [0.4, 0.5) is 5.69 Å². The molecule has 20 heavy (non-hydrogen) atoms. The first kappa shape index (κ1) is 13.4. The smallest absolute Gasteiger partial charge is 0.272 e. The summed E-state index contributed by atoms with van der Waals surface area (Å²) in [7, 11) is 0. The van der Waals surface area contributed by atoms with Crippen molar-refractivity contribution in [1.29, 1.82) is 0 Å². The van der Waals surface area contributed by atoms with Crippen molar-refractivity contribution in [2.75, 3.05) is 11.9 Å². The molecule has 1 aliphatic heterocycles. The Kier molecular flexibility index (Phi) is 3.90. The van der Waals surface area contributed by atoms with E-state index >= 15 is 0 Å². The average Bonchev–Trinajstić information content (AvgIpc) is 3.30. The summed E-state index contributed by atoms with van der Waals surface area (Å²) < 4.78 is 0. The summed E-state index contributed by atoms with van der Waals surface area (Å²) in [6.07, 6.45) is 8.71. The molecular formula is C16H23N3O. The van der Waals surface area contributed by atoms with Crippen LogP contribution < -0.4 is 5.32 Å². The number of piperidine rings is 1. The Balaban J connectivity index is 1.74. The topological polar surface area (TPSA) is 45.2 Å². The van der Waals surface area contributed by atoms with Crippen molar-refractivity contribution in [2.45, 2.75) is 57.5 Å². The molecule has 1 N–H and O–H groups in total. The van der Waals surface area contributed by atoms with Gasteiger partial charge in [-0.05, 0) is 50.7 Å². The number of nitrogens with one attached hydrogen (secondary N) is 1. The summed E-state index contributed by atoms with van der Waals surface area (Å²) in [6, 6.07) is 4.83. The van der Waals surface area contributed by atoms with Gasteiger partial charge in [-0.25, -0.2) is 0 Å². The summed E-state index contributed by atoms with van der Waals surface area (Å²) in [5.74, 6) is 0.0935. The fourth-order valence-electron chi connectivity index (χ4n) is 2.94. The summed E-state index contributed by atoms with van der Waals surface area (Å²) in [5, 5.41) is 3.43. The van der Waals surface area contributed by atoms with Crippen molar-refractivity contribution in [1.82, 2.24) is 9.88 Å². The van der Waals surface area contributed by atoms with E-state index in [1.807, 2.05) is 17.0 Å². The Bertz CT molecular complexity index is 484. The van der Waals surface area contributed by atoms with Crippen LogP contribution in [0.2, 0.25) is 0 Å². The highest BCUT2D eigenvalue weighted by Gasteiger charge is 2.27. The minimum atomic E-state index is 0.0935. The van der Waals surface area contributed by atoms with Crippen molar-refractivity contribution in [3.63, 3.8) is 0 Å². The molecule has 1 saturated carbocycles. The van der Waals surface area contributed by atoms with Gasteiger partial charge in [-0.2, -0.15) is 0 Å². The van der Waals surface area contributed by atoms with Crippen molar-refractivity contribution < 1.29 is 4.79 Å². The second-order valence-corrected chi connectivity index (χ2v) is 5.90. The normalized spacial score (nSPS) is 22.6. The Labute approximate surface area is 120 Å². The molecule has 0 spiro atoms. The summed E-state index contributed by atoms with van der Waals surface area (Å²) >= 11 is 0. The van der Waals surface area contributed by atoms with Gasteiger partial charge in [0.25, 0.3) is 5.91 Å². The molecule has 4 nitrogen and oxygen atoms in total. The van der Waals surface area contributed by atoms with Crippen LogP contribution in [0.1, 0.15) is 55.9 Å². The molecular weight excluding hydrogens is 250 g/mol. The monoisotopic (exact) mass is 273 g/mol. The SMILES string of the molecule is CCC1CCCCN1C(=O)c1cc(NC2CC2)ccn1. The Morgan fingerprint density at radius 2 is 2.25 bits per heavy atom. The predicted molar refractivity (Wildman–Crippen MR) is 79.8 cm³/mol. The zero-order valence-corrected chi connectivity index (χ0v) is 12.1. The van der Waals surface area contributed by atoms with Crippen LogP contribution in [0.15, 0.2) is 18.3 Å². The van der Waals surface area contributed by atoms with E-state index in [-0.39, 0.29) is 5.91 Å². The summed E-state index contributed by atoms with van der Waals surface area (Å²) in [6.45, 7) is 3.04. The van der Waals surface area contributed by atoms with Crippen molar-refractivity contribution >= 4 is 11.6 Å². The molecule has 0 bridgehead atoms. The Morgan fingerprint density at radius 3 is 3.00 bits per heavy atom. The van der Waals surface area contributed by atoms with Crippen LogP contribution in [0.5, 0.6) is 0 Å². The molecule has 2 fully saturated rings. The number of nitrogens with zero attached hydrogens (tertiary/aromatic N) is 2. The highest BCUT2D eigenvalue weighted by Crippen LogP contribution is 2.26. The third-order valence-electron chi connectivity index (χ3n) is 4.29. The maximum atomic E-state index is 12.7. The van der Waals surface area contributed by atoms with Crippen LogP contribution in [-0.4, -0.2) is 34.4 Å². The average molecular weight is 273 g/mol. The number of hydrogen-bond acceptors (Lipinski definition) is 3. The first-order chi connectivity index (χ1) is 9.78. The van der Waals surface area contributed by atoms with E-state index in [2.05, 4.69) is 17.2 Å². The zero-order valence-electron chi connectivity index (χ0n) is 12.1. The lowest BCUT2D eigenvalue weighted by molar-refractivity contribution is 0.0602. The molecule has 2 aliphatic rings. The number of amides is 1. The second-order valence-electron chi connectivity index (χ2n) is 5.90. The van der Waals surface area contributed by atoms with Gasteiger partial charge in [-0.3, -0.25) is 9.78 Å². The molecule has 2 heterocycles. The lowest BCUT2D eigenvalue weighted by atomic mass is 9.99. The molecule has 1 aliphatic carbocycles. The van der Waals surface area contributed by atoms with Crippen molar-refractivity contribution in [3.05, 3.63) is 24.0 Å². The van der Waals surface area contributed by atoms with Crippen LogP contribution in [0.25, 0.3) is 0 Å². The quantitative estimate of drug-likeness (QED) is 0.917.